The summed E-state index contributed by atoms with van der Waals surface area (Å²) < 4.78 is 67.5. The maximum Gasteiger partial charge on any atom is 0.416 e. The average Bonchev–Trinajstić information content (AvgIpc) is 3.22. The number of anilines is 2. The lowest BCUT2D eigenvalue weighted by molar-refractivity contribution is -0.137. The highest BCUT2D eigenvalue weighted by Crippen LogP contribution is 2.40. The highest BCUT2D eigenvalue weighted by molar-refractivity contribution is 5.65. The normalized spacial score (nSPS) is 19.0. The second kappa shape index (κ2) is 9.97. The highest BCUT2D eigenvalue weighted by atomic mass is 19.4. The Kier molecular flexibility index (Phi) is 7.00. The summed E-state index contributed by atoms with van der Waals surface area (Å²) in [6, 6.07) is 9.28. The molecule has 1 fully saturated rings. The van der Waals surface area contributed by atoms with Crippen LogP contribution in [-0.4, -0.2) is 28.8 Å². The summed E-state index contributed by atoms with van der Waals surface area (Å²) in [5.41, 5.74) is 0.554. The van der Waals surface area contributed by atoms with E-state index in [0.29, 0.717) is 30.4 Å². The molecule has 2 aromatic carbocycles. The molecule has 4 rings (SSSR count). The number of rotatable bonds is 7. The quantitative estimate of drug-likeness (QED) is 0.346. The number of aldehydes is 1. The molecule has 3 atom stereocenters. The van der Waals surface area contributed by atoms with E-state index in [1.165, 1.54) is 42.7 Å². The fourth-order valence-electron chi connectivity index (χ4n) is 4.33. The Labute approximate surface area is 199 Å². The Morgan fingerprint density at radius 2 is 1.77 bits per heavy atom. The van der Waals surface area contributed by atoms with E-state index in [0.717, 1.165) is 12.1 Å². The van der Waals surface area contributed by atoms with E-state index in [1.54, 1.807) is 4.90 Å². The molecule has 1 N–H and O–H groups in total. The van der Waals surface area contributed by atoms with Gasteiger partial charge in [-0.25, -0.2) is 14.4 Å². The first-order valence-corrected chi connectivity index (χ1v) is 11.1. The maximum absolute atomic E-state index is 15.5. The van der Waals surface area contributed by atoms with Gasteiger partial charge in [-0.05, 0) is 54.2 Å². The van der Waals surface area contributed by atoms with Crippen LogP contribution >= 0.6 is 0 Å². The number of benzene rings is 2. The van der Waals surface area contributed by atoms with Gasteiger partial charge in [0.2, 0.25) is 5.82 Å². The van der Waals surface area contributed by atoms with Crippen molar-refractivity contribution < 1.29 is 26.7 Å². The number of carbonyl (C=O) groups excluding carboxylic acids is 1. The van der Waals surface area contributed by atoms with Crippen molar-refractivity contribution in [3.63, 3.8) is 0 Å². The number of halogens is 5. The zero-order valence-corrected chi connectivity index (χ0v) is 18.8. The van der Waals surface area contributed by atoms with Crippen molar-refractivity contribution in [3.8, 4) is 0 Å². The molecule has 3 aromatic rings. The van der Waals surface area contributed by atoms with Gasteiger partial charge < -0.3 is 15.0 Å². The second-order valence-electron chi connectivity index (χ2n) is 8.71. The van der Waals surface area contributed by atoms with Crippen molar-refractivity contribution in [3.05, 3.63) is 83.2 Å². The number of hydrogen-bond donors (Lipinski definition) is 1. The summed E-state index contributed by atoms with van der Waals surface area (Å²) in [4.78, 5) is 21.4. The molecule has 2 heterocycles. The van der Waals surface area contributed by atoms with Crippen LogP contribution in [0.1, 0.15) is 36.1 Å². The molecule has 0 bridgehead atoms. The van der Waals surface area contributed by atoms with Gasteiger partial charge in [0.1, 0.15) is 18.4 Å². The van der Waals surface area contributed by atoms with Crippen LogP contribution in [0.2, 0.25) is 0 Å². The standard InChI is InChI=1S/C25H23F5N4O/c1-15-10-21(17-4-6-18(7-5-17)25(28,29)30)34(12-15)24-22(27)23(31-14-32-24)33-20(13-35)11-16-2-8-19(26)9-3-16/h2-9,13-15,20-21H,10-12H2,1H3,(H,31,32,33)/t15?,20-,21?/m1/s1. The molecule has 5 nitrogen and oxygen atoms in total. The van der Waals surface area contributed by atoms with Gasteiger partial charge in [-0.2, -0.15) is 17.6 Å². The van der Waals surface area contributed by atoms with Crippen molar-refractivity contribution >= 4 is 17.9 Å². The fourth-order valence-corrected chi connectivity index (χ4v) is 4.33. The smallest absolute Gasteiger partial charge is 0.358 e. The third-order valence-electron chi connectivity index (χ3n) is 6.03. The zero-order valence-electron chi connectivity index (χ0n) is 18.8. The number of aromatic nitrogens is 2. The van der Waals surface area contributed by atoms with Crippen molar-refractivity contribution in [2.24, 2.45) is 5.92 Å². The first-order chi connectivity index (χ1) is 16.7. The molecule has 35 heavy (non-hydrogen) atoms. The zero-order chi connectivity index (χ0) is 25.2. The van der Waals surface area contributed by atoms with Crippen molar-refractivity contribution in [2.45, 2.75) is 38.0 Å². The maximum atomic E-state index is 15.5. The van der Waals surface area contributed by atoms with Gasteiger partial charge in [-0.1, -0.05) is 31.2 Å². The molecule has 0 amide bonds. The molecule has 184 valence electrons. The van der Waals surface area contributed by atoms with E-state index in [2.05, 4.69) is 15.3 Å². The lowest BCUT2D eigenvalue weighted by atomic mass is 9.99. The number of hydrogen-bond acceptors (Lipinski definition) is 5. The van der Waals surface area contributed by atoms with Gasteiger partial charge in [0.05, 0.1) is 17.6 Å². The number of carbonyl (C=O) groups is 1. The summed E-state index contributed by atoms with van der Waals surface area (Å²) in [5.74, 6) is -1.18. The molecule has 2 unspecified atom stereocenters. The van der Waals surface area contributed by atoms with Gasteiger partial charge in [-0.3, -0.25) is 0 Å². The van der Waals surface area contributed by atoms with Crippen LogP contribution in [0.3, 0.4) is 0 Å². The summed E-state index contributed by atoms with van der Waals surface area (Å²) in [7, 11) is 0. The Hall–Kier alpha value is -3.56. The van der Waals surface area contributed by atoms with Gasteiger partial charge in [0, 0.05) is 6.54 Å². The van der Waals surface area contributed by atoms with Crippen LogP contribution in [0.15, 0.2) is 54.9 Å². The minimum absolute atomic E-state index is 0.00294. The summed E-state index contributed by atoms with van der Waals surface area (Å²) >= 11 is 0. The molecule has 1 aliphatic rings. The van der Waals surface area contributed by atoms with Crippen LogP contribution in [0.5, 0.6) is 0 Å². The Morgan fingerprint density at radius 3 is 2.40 bits per heavy atom. The molecule has 10 heteroatoms. The molecule has 0 radical (unpaired) electrons. The molecule has 1 aromatic heterocycles. The molecular formula is C25H23F5N4O. The molecule has 0 spiro atoms. The van der Waals surface area contributed by atoms with Crippen molar-refractivity contribution in [1.82, 2.24) is 9.97 Å². The molecule has 0 saturated carbocycles. The van der Waals surface area contributed by atoms with Gasteiger partial charge in [0.15, 0.2) is 11.6 Å². The van der Waals surface area contributed by atoms with E-state index in [9.17, 15) is 22.4 Å². The first kappa shape index (κ1) is 24.6. The summed E-state index contributed by atoms with van der Waals surface area (Å²) in [5, 5.41) is 2.77. The van der Waals surface area contributed by atoms with Crippen LogP contribution in [-0.2, 0) is 17.4 Å². The lowest BCUT2D eigenvalue weighted by Crippen LogP contribution is -2.28. The molecule has 1 aliphatic heterocycles. The van der Waals surface area contributed by atoms with Gasteiger partial charge >= 0.3 is 6.18 Å². The number of nitrogens with one attached hydrogen (secondary N) is 1. The first-order valence-electron chi connectivity index (χ1n) is 11.1. The molecule has 0 aliphatic carbocycles. The largest absolute Gasteiger partial charge is 0.416 e. The number of alkyl halides is 3. The van der Waals surface area contributed by atoms with Crippen LogP contribution in [0.25, 0.3) is 0 Å². The van der Waals surface area contributed by atoms with Gasteiger partial charge in [-0.15, -0.1) is 0 Å². The third kappa shape index (κ3) is 5.58. The Morgan fingerprint density at radius 1 is 1.09 bits per heavy atom. The van der Waals surface area contributed by atoms with E-state index < -0.39 is 29.4 Å². The predicted octanol–water partition coefficient (Wildman–Crippen LogP) is 5.58. The second-order valence-corrected chi connectivity index (χ2v) is 8.71. The Balaban J connectivity index is 1.57. The lowest BCUT2D eigenvalue weighted by Gasteiger charge is -2.27. The van der Waals surface area contributed by atoms with Crippen LogP contribution in [0, 0.1) is 17.6 Å². The summed E-state index contributed by atoms with van der Waals surface area (Å²) in [6.07, 6.45) is -1.85. The third-order valence-corrected chi connectivity index (χ3v) is 6.03. The van der Waals surface area contributed by atoms with Crippen LogP contribution < -0.4 is 10.2 Å². The fraction of sp³-hybridized carbons (Fsp3) is 0.320. The van der Waals surface area contributed by atoms with Gasteiger partial charge in [0.25, 0.3) is 0 Å². The highest BCUT2D eigenvalue weighted by Gasteiger charge is 2.35. The van der Waals surface area contributed by atoms with Crippen molar-refractivity contribution in [1.29, 1.82) is 0 Å². The number of nitrogens with zero attached hydrogens (tertiary/aromatic N) is 3. The SMILES string of the molecule is CC1CC(c2ccc(C(F)(F)F)cc2)N(c2ncnc(N[C@@H](C=O)Cc3ccc(F)cc3)c2F)C1. The van der Waals surface area contributed by atoms with E-state index in [1.807, 2.05) is 6.92 Å². The predicted molar refractivity (Wildman–Crippen MR) is 121 cm³/mol. The van der Waals surface area contributed by atoms with Crippen molar-refractivity contribution in [2.75, 3.05) is 16.8 Å². The average molecular weight is 490 g/mol. The van der Waals surface area contributed by atoms with E-state index in [4.69, 9.17) is 0 Å². The molecule has 1 saturated heterocycles. The van der Waals surface area contributed by atoms with E-state index in [-0.39, 0.29) is 30.0 Å². The molecular weight excluding hydrogens is 467 g/mol. The van der Waals surface area contributed by atoms with E-state index >= 15 is 4.39 Å². The van der Waals surface area contributed by atoms with Crippen LogP contribution in [0.4, 0.5) is 33.6 Å². The summed E-state index contributed by atoms with van der Waals surface area (Å²) in [6.45, 7) is 2.42. The topological polar surface area (TPSA) is 58.1 Å². The monoisotopic (exact) mass is 490 g/mol. The minimum atomic E-state index is -4.44. The minimum Gasteiger partial charge on any atom is -0.358 e. The Bertz CT molecular complexity index is 1170.